The fourth-order valence-corrected chi connectivity index (χ4v) is 2.82. The van der Waals surface area contributed by atoms with Gasteiger partial charge in [0.15, 0.2) is 0 Å². The number of halogens is 2. The number of methoxy groups -OCH3 is 1. The Morgan fingerprint density at radius 1 is 1.35 bits per heavy atom. The first-order valence-corrected chi connectivity index (χ1v) is 7.30. The Hall–Kier alpha value is -2.12. The maximum atomic E-state index is 13.8. The van der Waals surface area contributed by atoms with E-state index < -0.39 is 17.7 Å². The van der Waals surface area contributed by atoms with E-state index in [-0.39, 0.29) is 12.1 Å². The lowest BCUT2D eigenvalue weighted by molar-refractivity contribution is 0.101. The highest BCUT2D eigenvalue weighted by Gasteiger charge is 2.24. The number of rotatable bonds is 4. The number of fused-ring (bicyclic) bond motifs is 1. The molecule has 1 aliphatic rings. The molecule has 2 heterocycles. The summed E-state index contributed by atoms with van der Waals surface area (Å²) in [6.45, 7) is 1.44. The van der Waals surface area contributed by atoms with Gasteiger partial charge in [-0.05, 0) is 6.07 Å². The van der Waals surface area contributed by atoms with Gasteiger partial charge >= 0.3 is 0 Å². The van der Waals surface area contributed by atoms with E-state index in [1.54, 1.807) is 7.11 Å². The van der Waals surface area contributed by atoms with Crippen LogP contribution >= 0.6 is 0 Å². The lowest BCUT2D eigenvalue weighted by Gasteiger charge is -2.30. The van der Waals surface area contributed by atoms with Crippen molar-refractivity contribution in [1.82, 2.24) is 14.9 Å². The zero-order valence-corrected chi connectivity index (χ0v) is 12.7. The standard InChI is InChI=1S/C16H17F2N3O2/c1-23-16-12-7-21(5-4-14(12)19-9-20-16)8-15(22)11-3-2-10(17)6-13(11)18/h2-3,6,9,15,22H,4-5,7-8H2,1H3. The quantitative estimate of drug-likeness (QED) is 0.931. The fourth-order valence-electron chi connectivity index (χ4n) is 2.82. The number of benzene rings is 1. The van der Waals surface area contributed by atoms with Crippen molar-refractivity contribution in [3.63, 3.8) is 0 Å². The lowest BCUT2D eigenvalue weighted by Crippen LogP contribution is -2.35. The molecule has 0 saturated heterocycles. The molecule has 0 saturated carbocycles. The van der Waals surface area contributed by atoms with Crippen LogP contribution in [0, 0.1) is 11.6 Å². The van der Waals surface area contributed by atoms with Crippen molar-refractivity contribution >= 4 is 0 Å². The van der Waals surface area contributed by atoms with Crippen LogP contribution in [0.15, 0.2) is 24.5 Å². The normalized spacial score (nSPS) is 16.0. The summed E-state index contributed by atoms with van der Waals surface area (Å²) >= 11 is 0. The van der Waals surface area contributed by atoms with Gasteiger partial charge in [-0.1, -0.05) is 6.07 Å². The van der Waals surface area contributed by atoms with Crippen LogP contribution in [0.25, 0.3) is 0 Å². The van der Waals surface area contributed by atoms with Gasteiger partial charge in [-0.2, -0.15) is 0 Å². The molecular weight excluding hydrogens is 304 g/mol. The Morgan fingerprint density at radius 3 is 2.91 bits per heavy atom. The van der Waals surface area contributed by atoms with E-state index in [2.05, 4.69) is 9.97 Å². The summed E-state index contributed by atoms with van der Waals surface area (Å²) in [7, 11) is 1.55. The zero-order valence-electron chi connectivity index (χ0n) is 12.7. The van der Waals surface area contributed by atoms with Gasteiger partial charge < -0.3 is 9.84 Å². The molecule has 122 valence electrons. The van der Waals surface area contributed by atoms with E-state index in [1.165, 1.54) is 12.4 Å². The average Bonchev–Trinajstić information content (AvgIpc) is 2.54. The third-order valence-electron chi connectivity index (χ3n) is 3.99. The third-order valence-corrected chi connectivity index (χ3v) is 3.99. The zero-order chi connectivity index (χ0) is 16.4. The summed E-state index contributed by atoms with van der Waals surface area (Å²) in [6.07, 6.45) is 1.14. The van der Waals surface area contributed by atoms with Gasteiger partial charge in [-0.25, -0.2) is 18.7 Å². The number of nitrogens with zero attached hydrogens (tertiary/aromatic N) is 3. The van der Waals surface area contributed by atoms with Crippen molar-refractivity contribution < 1.29 is 18.6 Å². The van der Waals surface area contributed by atoms with E-state index in [0.717, 1.165) is 23.4 Å². The molecular formula is C16H17F2N3O2. The van der Waals surface area contributed by atoms with E-state index in [1.807, 2.05) is 4.90 Å². The molecule has 0 bridgehead atoms. The number of hydrogen-bond donors (Lipinski definition) is 1. The van der Waals surface area contributed by atoms with Crippen molar-refractivity contribution in [2.45, 2.75) is 19.1 Å². The predicted octanol–water partition coefficient (Wildman–Crippen LogP) is 1.86. The van der Waals surface area contributed by atoms with Crippen LogP contribution in [-0.2, 0) is 13.0 Å². The number of β-amino-alcohol motifs (C(OH)–C–C–N with tert-alkyl or cyclic N) is 1. The average molecular weight is 321 g/mol. The lowest BCUT2D eigenvalue weighted by atomic mass is 10.0. The minimum Gasteiger partial charge on any atom is -0.481 e. The second-order valence-electron chi connectivity index (χ2n) is 5.47. The summed E-state index contributed by atoms with van der Waals surface area (Å²) in [4.78, 5) is 10.3. The van der Waals surface area contributed by atoms with Crippen LogP contribution in [0.3, 0.4) is 0 Å². The Balaban J connectivity index is 1.74. The van der Waals surface area contributed by atoms with Gasteiger partial charge in [-0.15, -0.1) is 0 Å². The molecule has 5 nitrogen and oxygen atoms in total. The number of aromatic nitrogens is 2. The molecule has 0 aliphatic carbocycles. The Labute approximate surface area is 132 Å². The maximum Gasteiger partial charge on any atom is 0.220 e. The van der Waals surface area contributed by atoms with Crippen LogP contribution in [-0.4, -0.2) is 40.2 Å². The molecule has 1 aromatic heterocycles. The largest absolute Gasteiger partial charge is 0.481 e. The predicted molar refractivity (Wildman–Crippen MR) is 78.9 cm³/mol. The van der Waals surface area contributed by atoms with Crippen LogP contribution in [0.1, 0.15) is 22.9 Å². The second kappa shape index (κ2) is 6.55. The fraction of sp³-hybridized carbons (Fsp3) is 0.375. The summed E-state index contributed by atoms with van der Waals surface area (Å²) in [5, 5.41) is 10.3. The minimum atomic E-state index is -1.03. The Bertz CT molecular complexity index is 697. The van der Waals surface area contributed by atoms with Crippen molar-refractivity contribution in [1.29, 1.82) is 0 Å². The van der Waals surface area contributed by atoms with E-state index in [0.29, 0.717) is 25.4 Å². The summed E-state index contributed by atoms with van der Waals surface area (Å²) in [5.41, 5.74) is 1.90. The SMILES string of the molecule is COc1ncnc2c1CN(CC(O)c1ccc(F)cc1F)CC2. The molecule has 0 fully saturated rings. The topological polar surface area (TPSA) is 58.5 Å². The van der Waals surface area contributed by atoms with Crippen molar-refractivity contribution in [2.75, 3.05) is 20.2 Å². The Morgan fingerprint density at radius 2 is 2.17 bits per heavy atom. The maximum absolute atomic E-state index is 13.8. The Kier molecular flexibility index (Phi) is 4.49. The first kappa shape index (κ1) is 15.8. The highest BCUT2D eigenvalue weighted by atomic mass is 19.1. The molecule has 0 amide bonds. The van der Waals surface area contributed by atoms with Gasteiger partial charge in [0, 0.05) is 43.2 Å². The van der Waals surface area contributed by atoms with E-state index in [9.17, 15) is 13.9 Å². The van der Waals surface area contributed by atoms with Gasteiger partial charge in [0.1, 0.15) is 18.0 Å². The number of aliphatic hydroxyl groups is 1. The summed E-state index contributed by atoms with van der Waals surface area (Å²) in [6, 6.07) is 3.20. The molecule has 3 rings (SSSR count). The van der Waals surface area contributed by atoms with Crippen molar-refractivity contribution in [3.05, 3.63) is 53.0 Å². The van der Waals surface area contributed by atoms with Crippen molar-refractivity contribution in [2.24, 2.45) is 0 Å². The van der Waals surface area contributed by atoms with Gasteiger partial charge in [0.25, 0.3) is 0 Å². The van der Waals surface area contributed by atoms with Crippen LogP contribution in [0.2, 0.25) is 0 Å². The molecule has 1 N–H and O–H groups in total. The van der Waals surface area contributed by atoms with Crippen LogP contribution < -0.4 is 4.74 Å². The minimum absolute atomic E-state index is 0.0912. The second-order valence-corrected chi connectivity index (χ2v) is 5.47. The van der Waals surface area contributed by atoms with E-state index in [4.69, 9.17) is 4.74 Å². The molecule has 1 atom stereocenters. The number of aliphatic hydroxyl groups excluding tert-OH is 1. The number of hydrogen-bond acceptors (Lipinski definition) is 5. The smallest absolute Gasteiger partial charge is 0.220 e. The van der Waals surface area contributed by atoms with Crippen molar-refractivity contribution in [3.8, 4) is 5.88 Å². The van der Waals surface area contributed by atoms with E-state index >= 15 is 0 Å². The monoisotopic (exact) mass is 321 g/mol. The molecule has 1 unspecified atom stereocenters. The van der Waals surface area contributed by atoms with Crippen LogP contribution in [0.4, 0.5) is 8.78 Å². The van der Waals surface area contributed by atoms with Gasteiger partial charge in [-0.3, -0.25) is 4.90 Å². The highest BCUT2D eigenvalue weighted by Crippen LogP contribution is 2.26. The van der Waals surface area contributed by atoms with Gasteiger partial charge in [0.2, 0.25) is 5.88 Å². The van der Waals surface area contributed by atoms with Crippen LogP contribution in [0.5, 0.6) is 5.88 Å². The molecule has 0 radical (unpaired) electrons. The first-order chi connectivity index (χ1) is 11.1. The molecule has 1 aliphatic heterocycles. The third kappa shape index (κ3) is 3.30. The first-order valence-electron chi connectivity index (χ1n) is 7.30. The molecule has 0 spiro atoms. The highest BCUT2D eigenvalue weighted by molar-refractivity contribution is 5.31. The molecule has 23 heavy (non-hydrogen) atoms. The summed E-state index contributed by atoms with van der Waals surface area (Å²) in [5.74, 6) is -0.884. The van der Waals surface area contributed by atoms with Gasteiger partial charge in [0.05, 0.1) is 18.9 Å². The number of ether oxygens (including phenoxy) is 1. The molecule has 1 aromatic carbocycles. The molecule has 7 heteroatoms. The summed E-state index contributed by atoms with van der Waals surface area (Å²) < 4.78 is 32.0. The molecule has 2 aromatic rings.